The lowest BCUT2D eigenvalue weighted by molar-refractivity contribution is -0.116. The molecule has 0 radical (unpaired) electrons. The van der Waals surface area contributed by atoms with Crippen LogP contribution in [-0.4, -0.2) is 45.8 Å². The average Bonchev–Trinajstić information content (AvgIpc) is 2.81. The van der Waals surface area contributed by atoms with Crippen molar-refractivity contribution in [3.8, 4) is 5.75 Å². The molecule has 0 saturated heterocycles. The number of nitrogens with zero attached hydrogens (tertiary/aromatic N) is 1. The highest BCUT2D eigenvalue weighted by Crippen LogP contribution is 2.26. The van der Waals surface area contributed by atoms with E-state index in [9.17, 15) is 18.0 Å². The number of methoxy groups -OCH3 is 1. The lowest BCUT2D eigenvalue weighted by Gasteiger charge is -2.19. The molecule has 0 bridgehead atoms. The van der Waals surface area contributed by atoms with Gasteiger partial charge in [-0.15, -0.1) is 0 Å². The van der Waals surface area contributed by atoms with Gasteiger partial charge in [-0.3, -0.25) is 14.3 Å². The maximum atomic E-state index is 12.9. The van der Waals surface area contributed by atoms with Crippen LogP contribution in [0.4, 0.5) is 11.4 Å². The van der Waals surface area contributed by atoms with Crippen molar-refractivity contribution in [1.82, 2.24) is 4.90 Å². The second-order valence-corrected chi connectivity index (χ2v) is 9.49. The molecule has 0 atom stereocenters. The van der Waals surface area contributed by atoms with E-state index in [1.54, 1.807) is 24.3 Å². The van der Waals surface area contributed by atoms with Gasteiger partial charge in [0, 0.05) is 18.3 Å². The first-order valence-corrected chi connectivity index (χ1v) is 12.0. The summed E-state index contributed by atoms with van der Waals surface area (Å²) in [7, 11) is -1.05. The first-order valence-electron chi connectivity index (χ1n) is 10.5. The number of carbonyl (C=O) groups excluding carboxylic acids is 2. The standard InChI is InChI=1S/C25H27N3O5S/c1-17-9-7-10-18(2)24(17)26-23(29)16-28(3)25(30)19-11-8-12-20(15-19)34(31,32)27-21-13-5-6-14-22(21)33-4/h5-15,27H,16H2,1-4H3,(H,26,29). The third-order valence-electron chi connectivity index (χ3n) is 5.22. The van der Waals surface area contributed by atoms with Gasteiger partial charge in [0.1, 0.15) is 5.75 Å². The molecule has 178 valence electrons. The molecule has 0 fully saturated rings. The molecule has 0 aliphatic heterocycles. The van der Waals surface area contributed by atoms with Gasteiger partial charge in [-0.1, -0.05) is 36.4 Å². The lowest BCUT2D eigenvalue weighted by Crippen LogP contribution is -2.35. The molecular formula is C25H27N3O5S. The molecule has 3 aromatic carbocycles. The van der Waals surface area contributed by atoms with Gasteiger partial charge in [0.15, 0.2) is 0 Å². The highest BCUT2D eigenvalue weighted by Gasteiger charge is 2.21. The number of para-hydroxylation sites is 3. The van der Waals surface area contributed by atoms with Gasteiger partial charge >= 0.3 is 0 Å². The van der Waals surface area contributed by atoms with Crippen LogP contribution >= 0.6 is 0 Å². The summed E-state index contributed by atoms with van der Waals surface area (Å²) in [5, 5.41) is 2.84. The molecule has 3 rings (SSSR count). The number of carbonyl (C=O) groups is 2. The second-order valence-electron chi connectivity index (χ2n) is 7.81. The number of likely N-dealkylation sites (N-methyl/N-ethyl adjacent to an activating group) is 1. The maximum Gasteiger partial charge on any atom is 0.262 e. The number of anilines is 2. The van der Waals surface area contributed by atoms with Crippen molar-refractivity contribution in [2.45, 2.75) is 18.7 Å². The maximum absolute atomic E-state index is 12.9. The number of nitrogens with one attached hydrogen (secondary N) is 2. The highest BCUT2D eigenvalue weighted by molar-refractivity contribution is 7.92. The molecule has 9 heteroatoms. The second kappa shape index (κ2) is 10.4. The summed E-state index contributed by atoms with van der Waals surface area (Å²) in [6, 6.07) is 18.0. The molecule has 0 spiro atoms. The molecule has 3 aromatic rings. The van der Waals surface area contributed by atoms with Crippen molar-refractivity contribution in [3.05, 3.63) is 83.4 Å². The van der Waals surface area contributed by atoms with Crippen molar-refractivity contribution in [2.75, 3.05) is 30.7 Å². The van der Waals surface area contributed by atoms with E-state index in [0.717, 1.165) is 11.1 Å². The molecule has 8 nitrogen and oxygen atoms in total. The van der Waals surface area contributed by atoms with Gasteiger partial charge in [-0.25, -0.2) is 8.42 Å². The van der Waals surface area contributed by atoms with Crippen LogP contribution in [0.5, 0.6) is 5.75 Å². The summed E-state index contributed by atoms with van der Waals surface area (Å²) in [6.45, 7) is 3.59. The first-order chi connectivity index (χ1) is 16.1. The Labute approximate surface area is 199 Å². The van der Waals surface area contributed by atoms with E-state index in [-0.39, 0.29) is 28.6 Å². The van der Waals surface area contributed by atoms with Gasteiger partial charge < -0.3 is 15.0 Å². The fourth-order valence-electron chi connectivity index (χ4n) is 3.43. The Morgan fingerprint density at radius 2 is 1.59 bits per heavy atom. The average molecular weight is 482 g/mol. The van der Waals surface area contributed by atoms with E-state index in [4.69, 9.17) is 4.74 Å². The van der Waals surface area contributed by atoms with Gasteiger partial charge in [0.2, 0.25) is 5.91 Å². The normalized spacial score (nSPS) is 10.9. The van der Waals surface area contributed by atoms with Gasteiger partial charge in [-0.05, 0) is 55.3 Å². The van der Waals surface area contributed by atoms with Crippen LogP contribution in [0.1, 0.15) is 21.5 Å². The Hall–Kier alpha value is -3.85. The zero-order valence-electron chi connectivity index (χ0n) is 19.5. The Bertz CT molecular complexity index is 1300. The summed E-state index contributed by atoms with van der Waals surface area (Å²) in [6.07, 6.45) is 0. The topological polar surface area (TPSA) is 105 Å². The predicted octanol–water partition coefficient (Wildman–Crippen LogP) is 3.82. The number of ether oxygens (including phenoxy) is 1. The molecule has 2 N–H and O–H groups in total. The van der Waals surface area contributed by atoms with Crippen LogP contribution in [0.25, 0.3) is 0 Å². The predicted molar refractivity (Wildman–Crippen MR) is 132 cm³/mol. The molecule has 0 aliphatic rings. The van der Waals surface area contributed by atoms with Crippen LogP contribution in [0.2, 0.25) is 0 Å². The quantitative estimate of drug-likeness (QED) is 0.509. The van der Waals surface area contributed by atoms with E-state index in [0.29, 0.717) is 11.4 Å². The first kappa shape index (κ1) is 24.8. The number of benzene rings is 3. The summed E-state index contributed by atoms with van der Waals surface area (Å²) < 4.78 is 33.5. The summed E-state index contributed by atoms with van der Waals surface area (Å²) in [5.41, 5.74) is 2.97. The number of sulfonamides is 1. The van der Waals surface area contributed by atoms with Crippen LogP contribution in [0, 0.1) is 13.8 Å². The minimum Gasteiger partial charge on any atom is -0.495 e. The number of hydrogen-bond donors (Lipinski definition) is 2. The van der Waals surface area contributed by atoms with Gasteiger partial charge in [0.25, 0.3) is 15.9 Å². The number of amides is 2. The SMILES string of the molecule is COc1ccccc1NS(=O)(=O)c1cccc(C(=O)N(C)CC(=O)Nc2c(C)cccc2C)c1. The van der Waals surface area contributed by atoms with Crippen LogP contribution in [0.3, 0.4) is 0 Å². The molecule has 0 aromatic heterocycles. The molecule has 0 unspecified atom stereocenters. The van der Waals surface area contributed by atoms with Crippen molar-refractivity contribution in [3.63, 3.8) is 0 Å². The zero-order valence-corrected chi connectivity index (χ0v) is 20.3. The number of aryl methyl sites for hydroxylation is 2. The Morgan fingerprint density at radius 3 is 2.26 bits per heavy atom. The van der Waals surface area contributed by atoms with Gasteiger partial charge in [-0.2, -0.15) is 0 Å². The summed E-state index contributed by atoms with van der Waals surface area (Å²) in [4.78, 5) is 26.6. The highest BCUT2D eigenvalue weighted by atomic mass is 32.2. The minimum atomic E-state index is -3.98. The number of rotatable bonds is 8. The minimum absolute atomic E-state index is 0.0855. The molecule has 0 saturated carbocycles. The van der Waals surface area contributed by atoms with Crippen LogP contribution in [-0.2, 0) is 14.8 Å². The van der Waals surface area contributed by atoms with E-state index >= 15 is 0 Å². The summed E-state index contributed by atoms with van der Waals surface area (Å²) in [5.74, 6) is -0.464. The molecule has 0 heterocycles. The van der Waals surface area contributed by atoms with E-state index in [1.807, 2.05) is 32.0 Å². The largest absolute Gasteiger partial charge is 0.495 e. The molecule has 2 amide bonds. The third-order valence-corrected chi connectivity index (χ3v) is 6.58. The van der Waals surface area contributed by atoms with Gasteiger partial charge in [0.05, 0.1) is 24.2 Å². The van der Waals surface area contributed by atoms with E-state index < -0.39 is 15.9 Å². The lowest BCUT2D eigenvalue weighted by atomic mass is 10.1. The fourth-order valence-corrected chi connectivity index (χ4v) is 4.54. The van der Waals surface area contributed by atoms with Crippen molar-refractivity contribution in [1.29, 1.82) is 0 Å². The third kappa shape index (κ3) is 5.74. The van der Waals surface area contributed by atoms with E-state index in [1.165, 1.54) is 43.3 Å². The van der Waals surface area contributed by atoms with Crippen LogP contribution < -0.4 is 14.8 Å². The smallest absolute Gasteiger partial charge is 0.262 e. The Balaban J connectivity index is 1.74. The van der Waals surface area contributed by atoms with Crippen molar-refractivity contribution >= 4 is 33.2 Å². The fraction of sp³-hybridized carbons (Fsp3) is 0.200. The van der Waals surface area contributed by atoms with Crippen molar-refractivity contribution in [2.24, 2.45) is 0 Å². The Kier molecular flexibility index (Phi) is 7.57. The molecule has 34 heavy (non-hydrogen) atoms. The number of hydrogen-bond acceptors (Lipinski definition) is 5. The van der Waals surface area contributed by atoms with E-state index in [2.05, 4.69) is 10.0 Å². The molecule has 0 aliphatic carbocycles. The summed E-state index contributed by atoms with van der Waals surface area (Å²) >= 11 is 0. The monoisotopic (exact) mass is 481 g/mol. The Morgan fingerprint density at radius 1 is 0.941 bits per heavy atom. The van der Waals surface area contributed by atoms with Crippen molar-refractivity contribution < 1.29 is 22.7 Å². The molecular weight excluding hydrogens is 454 g/mol. The zero-order chi connectivity index (χ0) is 24.9. The van der Waals surface area contributed by atoms with Crippen LogP contribution in [0.15, 0.2) is 71.6 Å².